The maximum Gasteiger partial charge on any atom is 0.420 e. The number of hydrogen-bond acceptors (Lipinski definition) is 4. The molecular formula is C18H12F4O4. The number of hydrogen-bond donors (Lipinski definition) is 0. The van der Waals surface area contributed by atoms with Crippen molar-refractivity contribution in [3.05, 3.63) is 58.0 Å². The summed E-state index contributed by atoms with van der Waals surface area (Å²) in [5.41, 5.74) is -2.15. The van der Waals surface area contributed by atoms with Gasteiger partial charge in [0, 0.05) is 17.7 Å². The largest absolute Gasteiger partial charge is 0.493 e. The van der Waals surface area contributed by atoms with Gasteiger partial charge in [0.1, 0.15) is 22.7 Å². The zero-order valence-corrected chi connectivity index (χ0v) is 13.6. The van der Waals surface area contributed by atoms with E-state index in [0.717, 1.165) is 31.4 Å². The fourth-order valence-corrected chi connectivity index (χ4v) is 2.66. The molecule has 3 rings (SSSR count). The monoisotopic (exact) mass is 368 g/mol. The zero-order valence-electron chi connectivity index (χ0n) is 13.6. The van der Waals surface area contributed by atoms with Gasteiger partial charge in [-0.15, -0.1) is 0 Å². The van der Waals surface area contributed by atoms with E-state index in [-0.39, 0.29) is 17.1 Å². The van der Waals surface area contributed by atoms with Crippen LogP contribution in [0.5, 0.6) is 11.5 Å². The molecule has 8 heteroatoms. The minimum Gasteiger partial charge on any atom is -0.493 e. The molecule has 26 heavy (non-hydrogen) atoms. The van der Waals surface area contributed by atoms with Crippen molar-refractivity contribution in [3.63, 3.8) is 0 Å². The standard InChI is InChI=1S/C18H12F4O4/c1-24-14-8-13-15(16(17(14)25-2)18(20,21)22)11(23)7-12(26-13)9-3-5-10(19)6-4-9/h3-8H,1-2H3. The highest BCUT2D eigenvalue weighted by atomic mass is 19.4. The lowest BCUT2D eigenvalue weighted by molar-refractivity contribution is -0.137. The molecule has 0 fully saturated rings. The molecule has 0 N–H and O–H groups in total. The Balaban J connectivity index is 2.39. The average Bonchev–Trinajstić information content (AvgIpc) is 2.59. The third-order valence-electron chi connectivity index (χ3n) is 3.77. The summed E-state index contributed by atoms with van der Waals surface area (Å²) >= 11 is 0. The minimum absolute atomic E-state index is 0.00263. The van der Waals surface area contributed by atoms with E-state index in [1.54, 1.807) is 0 Å². The molecule has 0 radical (unpaired) electrons. The summed E-state index contributed by atoms with van der Waals surface area (Å²) in [6, 6.07) is 7.08. The van der Waals surface area contributed by atoms with Crippen LogP contribution < -0.4 is 14.9 Å². The molecule has 2 aromatic carbocycles. The molecule has 0 aliphatic heterocycles. The normalized spacial score (nSPS) is 11.6. The second-order valence-electron chi connectivity index (χ2n) is 5.34. The first-order valence-electron chi connectivity index (χ1n) is 7.32. The number of fused-ring (bicyclic) bond motifs is 1. The molecule has 1 heterocycles. The van der Waals surface area contributed by atoms with Crippen molar-refractivity contribution >= 4 is 11.0 Å². The second-order valence-corrected chi connectivity index (χ2v) is 5.34. The predicted octanol–water partition coefficient (Wildman–Crippen LogP) is 4.64. The molecule has 0 bridgehead atoms. The number of ether oxygens (including phenoxy) is 2. The summed E-state index contributed by atoms with van der Waals surface area (Å²) < 4.78 is 69.0. The molecule has 1 aromatic heterocycles. The molecular weight excluding hydrogens is 356 g/mol. The van der Waals surface area contributed by atoms with Gasteiger partial charge in [-0.25, -0.2) is 4.39 Å². The maximum absolute atomic E-state index is 13.6. The van der Waals surface area contributed by atoms with E-state index in [4.69, 9.17) is 13.9 Å². The highest BCUT2D eigenvalue weighted by Crippen LogP contribution is 2.45. The summed E-state index contributed by atoms with van der Waals surface area (Å²) in [7, 11) is 2.22. The van der Waals surface area contributed by atoms with Gasteiger partial charge < -0.3 is 13.9 Å². The third-order valence-corrected chi connectivity index (χ3v) is 3.77. The van der Waals surface area contributed by atoms with Crippen molar-refractivity contribution in [1.82, 2.24) is 0 Å². The Kier molecular flexibility index (Phi) is 4.35. The number of alkyl halides is 3. The van der Waals surface area contributed by atoms with E-state index in [2.05, 4.69) is 0 Å². The summed E-state index contributed by atoms with van der Waals surface area (Å²) in [6.07, 6.45) is -4.87. The Morgan fingerprint density at radius 1 is 1.00 bits per heavy atom. The quantitative estimate of drug-likeness (QED) is 0.632. The van der Waals surface area contributed by atoms with Gasteiger partial charge in [0.05, 0.1) is 19.6 Å². The molecule has 0 unspecified atom stereocenters. The molecule has 0 aliphatic carbocycles. The molecule has 136 valence electrons. The molecule has 0 spiro atoms. The number of benzene rings is 2. The molecule has 0 saturated heterocycles. The van der Waals surface area contributed by atoms with Crippen LogP contribution in [0.3, 0.4) is 0 Å². The zero-order chi connectivity index (χ0) is 19.1. The lowest BCUT2D eigenvalue weighted by Crippen LogP contribution is -2.14. The predicted molar refractivity (Wildman–Crippen MR) is 86.0 cm³/mol. The van der Waals surface area contributed by atoms with Gasteiger partial charge in [-0.05, 0) is 24.3 Å². The summed E-state index contributed by atoms with van der Waals surface area (Å²) in [5.74, 6) is -1.33. The molecule has 0 aliphatic rings. The highest BCUT2D eigenvalue weighted by Gasteiger charge is 2.40. The minimum atomic E-state index is -4.87. The van der Waals surface area contributed by atoms with Crippen LogP contribution in [0.2, 0.25) is 0 Å². The van der Waals surface area contributed by atoms with E-state index in [1.165, 1.54) is 19.2 Å². The van der Waals surface area contributed by atoms with Crippen molar-refractivity contribution in [2.45, 2.75) is 6.18 Å². The van der Waals surface area contributed by atoms with Gasteiger partial charge in [0.2, 0.25) is 0 Å². The fraction of sp³-hybridized carbons (Fsp3) is 0.167. The Morgan fingerprint density at radius 3 is 2.19 bits per heavy atom. The van der Waals surface area contributed by atoms with E-state index >= 15 is 0 Å². The summed E-state index contributed by atoms with van der Waals surface area (Å²) in [4.78, 5) is 12.4. The van der Waals surface area contributed by atoms with Gasteiger partial charge in [0.15, 0.2) is 16.9 Å². The van der Waals surface area contributed by atoms with Crippen molar-refractivity contribution in [2.75, 3.05) is 14.2 Å². The Hall–Kier alpha value is -3.03. The maximum atomic E-state index is 13.6. The van der Waals surface area contributed by atoms with Crippen molar-refractivity contribution in [2.24, 2.45) is 0 Å². The summed E-state index contributed by atoms with van der Waals surface area (Å²) in [6.45, 7) is 0. The van der Waals surface area contributed by atoms with Crippen LogP contribution in [0.4, 0.5) is 17.6 Å². The smallest absolute Gasteiger partial charge is 0.420 e. The number of halogens is 4. The SMILES string of the molecule is COc1cc2oc(-c3ccc(F)cc3)cc(=O)c2c(C(F)(F)F)c1OC. The van der Waals surface area contributed by atoms with Crippen LogP contribution in [-0.2, 0) is 6.18 Å². The molecule has 3 aromatic rings. The van der Waals surface area contributed by atoms with Crippen LogP contribution >= 0.6 is 0 Å². The van der Waals surface area contributed by atoms with Gasteiger partial charge in [-0.2, -0.15) is 13.2 Å². The van der Waals surface area contributed by atoms with Crippen molar-refractivity contribution in [1.29, 1.82) is 0 Å². The van der Waals surface area contributed by atoms with Crippen LogP contribution in [0.25, 0.3) is 22.3 Å². The van der Waals surface area contributed by atoms with E-state index in [1.807, 2.05) is 0 Å². The van der Waals surface area contributed by atoms with Gasteiger partial charge in [0.25, 0.3) is 0 Å². The van der Waals surface area contributed by atoms with Crippen LogP contribution in [0, 0.1) is 5.82 Å². The fourth-order valence-electron chi connectivity index (χ4n) is 2.66. The van der Waals surface area contributed by atoms with E-state index < -0.39 is 34.1 Å². The first-order chi connectivity index (χ1) is 12.3. The van der Waals surface area contributed by atoms with Gasteiger partial charge >= 0.3 is 6.18 Å². The van der Waals surface area contributed by atoms with E-state index in [9.17, 15) is 22.4 Å². The number of rotatable bonds is 3. The third kappa shape index (κ3) is 2.98. The molecule has 0 saturated carbocycles. The van der Waals surface area contributed by atoms with E-state index in [0.29, 0.717) is 5.56 Å². The van der Waals surface area contributed by atoms with Crippen molar-refractivity contribution < 1.29 is 31.5 Å². The van der Waals surface area contributed by atoms with Crippen LogP contribution in [0.1, 0.15) is 5.56 Å². The first kappa shape index (κ1) is 17.8. The number of methoxy groups -OCH3 is 2. The molecule has 0 atom stereocenters. The molecule has 0 amide bonds. The summed E-state index contributed by atoms with van der Waals surface area (Å²) in [5, 5.41) is -0.666. The second kappa shape index (κ2) is 6.36. The highest BCUT2D eigenvalue weighted by molar-refractivity contribution is 5.87. The average molecular weight is 368 g/mol. The Labute approximate surface area is 144 Å². The topological polar surface area (TPSA) is 48.7 Å². The van der Waals surface area contributed by atoms with Crippen LogP contribution in [-0.4, -0.2) is 14.2 Å². The Morgan fingerprint density at radius 2 is 1.65 bits per heavy atom. The van der Waals surface area contributed by atoms with Gasteiger partial charge in [-0.3, -0.25) is 4.79 Å². The van der Waals surface area contributed by atoms with Gasteiger partial charge in [-0.1, -0.05) is 0 Å². The first-order valence-corrected chi connectivity index (χ1v) is 7.32. The lowest BCUT2D eigenvalue weighted by Gasteiger charge is -2.17. The lowest BCUT2D eigenvalue weighted by atomic mass is 10.0. The molecule has 4 nitrogen and oxygen atoms in total. The van der Waals surface area contributed by atoms with Crippen molar-refractivity contribution in [3.8, 4) is 22.8 Å². The van der Waals surface area contributed by atoms with Crippen LogP contribution in [0.15, 0.2) is 45.6 Å². The Bertz CT molecular complexity index is 1020.